The van der Waals surface area contributed by atoms with E-state index in [0.717, 1.165) is 0 Å². The van der Waals surface area contributed by atoms with Gasteiger partial charge in [-0.2, -0.15) is 15.0 Å². The number of hydrogen-bond acceptors (Lipinski definition) is 6. The van der Waals surface area contributed by atoms with Gasteiger partial charge in [-0.3, -0.25) is 0 Å². The SMILES string of the molecule is CC1(O[Si](c2ccccc2)(c2ccccc2)C(C)(C)C)COCCN(c2nc(Cl)nc(Cl)n2)C1. The lowest BCUT2D eigenvalue weighted by molar-refractivity contribution is -0.000393. The van der Waals surface area contributed by atoms with E-state index in [1.807, 2.05) is 17.0 Å². The molecule has 1 fully saturated rings. The molecule has 1 aromatic heterocycles. The normalized spacial score (nSPS) is 19.6. The number of aromatic nitrogens is 3. The van der Waals surface area contributed by atoms with Crippen molar-refractivity contribution in [3.8, 4) is 0 Å². The topological polar surface area (TPSA) is 60.4 Å². The molecule has 3 aromatic rings. The highest BCUT2D eigenvalue weighted by Crippen LogP contribution is 2.40. The number of anilines is 1. The maximum atomic E-state index is 7.43. The molecule has 1 unspecified atom stereocenters. The van der Waals surface area contributed by atoms with Crippen LogP contribution in [-0.2, 0) is 9.16 Å². The number of nitrogens with zero attached hydrogens (tertiary/aromatic N) is 4. The van der Waals surface area contributed by atoms with Crippen LogP contribution >= 0.6 is 23.2 Å². The Kier molecular flexibility index (Phi) is 7.31. The Morgan fingerprint density at radius 2 is 1.44 bits per heavy atom. The minimum Gasteiger partial charge on any atom is -0.398 e. The fourth-order valence-electron chi connectivity index (χ4n) is 4.70. The zero-order valence-electron chi connectivity index (χ0n) is 20.0. The van der Waals surface area contributed by atoms with E-state index in [4.69, 9.17) is 32.4 Å². The van der Waals surface area contributed by atoms with Crippen LogP contribution in [0.25, 0.3) is 0 Å². The Balaban J connectivity index is 1.81. The maximum Gasteiger partial charge on any atom is 0.262 e. The van der Waals surface area contributed by atoms with Gasteiger partial charge in [0.05, 0.1) is 25.4 Å². The first-order chi connectivity index (χ1) is 16.1. The fourth-order valence-corrected chi connectivity index (χ4v) is 9.85. The van der Waals surface area contributed by atoms with Gasteiger partial charge in [-0.25, -0.2) is 0 Å². The van der Waals surface area contributed by atoms with E-state index in [9.17, 15) is 0 Å². The van der Waals surface area contributed by atoms with Gasteiger partial charge in [-0.1, -0.05) is 81.4 Å². The van der Waals surface area contributed by atoms with Crippen LogP contribution < -0.4 is 15.3 Å². The molecule has 6 nitrogen and oxygen atoms in total. The van der Waals surface area contributed by atoms with Crippen LogP contribution in [0.1, 0.15) is 27.7 Å². The smallest absolute Gasteiger partial charge is 0.262 e. The average molecular weight is 518 g/mol. The minimum absolute atomic E-state index is 0.0646. The summed E-state index contributed by atoms with van der Waals surface area (Å²) in [4.78, 5) is 14.5. The third-order valence-electron chi connectivity index (χ3n) is 6.11. The van der Waals surface area contributed by atoms with Gasteiger partial charge in [0, 0.05) is 6.54 Å². The van der Waals surface area contributed by atoms with E-state index in [0.29, 0.717) is 32.3 Å². The van der Waals surface area contributed by atoms with E-state index in [1.165, 1.54) is 10.4 Å². The summed E-state index contributed by atoms with van der Waals surface area (Å²) in [6, 6.07) is 21.2. The Bertz CT molecular complexity index is 1060. The molecule has 4 rings (SSSR count). The number of halogens is 2. The zero-order chi connectivity index (χ0) is 24.4. The summed E-state index contributed by atoms with van der Waals surface area (Å²) >= 11 is 12.2. The Hall–Kier alpha value is -2.03. The summed E-state index contributed by atoms with van der Waals surface area (Å²) in [6.45, 7) is 11.0. The quantitative estimate of drug-likeness (QED) is 0.469. The lowest BCUT2D eigenvalue weighted by Crippen LogP contribution is -2.70. The summed E-state index contributed by atoms with van der Waals surface area (Å²) in [5.74, 6) is 0.424. The second kappa shape index (κ2) is 9.91. The van der Waals surface area contributed by atoms with Crippen LogP contribution in [0, 0.1) is 0 Å². The molecule has 2 heterocycles. The molecule has 0 N–H and O–H groups in total. The van der Waals surface area contributed by atoms with Crippen molar-refractivity contribution >= 4 is 47.8 Å². The molecule has 1 atom stereocenters. The van der Waals surface area contributed by atoms with Crippen LogP contribution in [0.5, 0.6) is 0 Å². The summed E-state index contributed by atoms with van der Waals surface area (Å²) in [7, 11) is -2.80. The largest absolute Gasteiger partial charge is 0.398 e. The van der Waals surface area contributed by atoms with E-state index < -0.39 is 13.9 Å². The number of ether oxygens (including phenoxy) is 1. The monoisotopic (exact) mass is 516 g/mol. The molecule has 0 amide bonds. The third kappa shape index (κ3) is 5.14. The van der Waals surface area contributed by atoms with Gasteiger partial charge >= 0.3 is 0 Å². The van der Waals surface area contributed by atoms with Crippen molar-refractivity contribution in [1.82, 2.24) is 15.0 Å². The van der Waals surface area contributed by atoms with Crippen LogP contribution in [0.3, 0.4) is 0 Å². The van der Waals surface area contributed by atoms with Gasteiger partial charge in [0.2, 0.25) is 16.5 Å². The molecule has 0 radical (unpaired) electrons. The highest BCUT2D eigenvalue weighted by atomic mass is 35.5. The van der Waals surface area contributed by atoms with Gasteiger partial charge in [0.25, 0.3) is 8.32 Å². The van der Waals surface area contributed by atoms with Crippen molar-refractivity contribution < 1.29 is 9.16 Å². The lowest BCUT2D eigenvalue weighted by Gasteiger charge is -2.48. The van der Waals surface area contributed by atoms with Crippen LogP contribution in [-0.4, -0.2) is 55.2 Å². The van der Waals surface area contributed by atoms with Crippen LogP contribution in [0.2, 0.25) is 15.6 Å². The second-order valence-corrected chi connectivity index (χ2v) is 14.8. The Morgan fingerprint density at radius 1 is 0.912 bits per heavy atom. The average Bonchev–Trinajstić information content (AvgIpc) is 2.99. The molecule has 1 saturated heterocycles. The number of hydrogen-bond donors (Lipinski definition) is 0. The molecule has 1 aliphatic heterocycles. The maximum absolute atomic E-state index is 7.43. The van der Waals surface area contributed by atoms with Gasteiger partial charge < -0.3 is 14.1 Å². The second-order valence-electron chi connectivity index (χ2n) is 9.86. The van der Waals surface area contributed by atoms with Crippen molar-refractivity contribution in [3.05, 3.63) is 71.2 Å². The van der Waals surface area contributed by atoms with E-state index in [2.05, 4.69) is 91.2 Å². The van der Waals surface area contributed by atoms with Crippen molar-refractivity contribution in [2.45, 2.75) is 38.3 Å². The van der Waals surface area contributed by atoms with E-state index >= 15 is 0 Å². The number of rotatable bonds is 5. The molecule has 9 heteroatoms. The van der Waals surface area contributed by atoms with Crippen molar-refractivity contribution in [2.24, 2.45) is 0 Å². The standard InChI is InChI=1S/C25H30Cl2N4O2Si/c1-24(2,3)34(19-11-7-5-8-12-19,20-13-9-6-10-14-20)33-25(4)17-31(15-16-32-18-25)23-29-21(26)28-22(27)30-23/h5-14H,15-18H2,1-4H3. The Morgan fingerprint density at radius 3 is 1.94 bits per heavy atom. The van der Waals surface area contributed by atoms with Gasteiger partial charge in [0.1, 0.15) is 0 Å². The highest BCUT2D eigenvalue weighted by molar-refractivity contribution is 6.99. The molecular formula is C25H30Cl2N4O2Si. The van der Waals surface area contributed by atoms with Crippen LogP contribution in [0.15, 0.2) is 60.7 Å². The molecule has 0 bridgehead atoms. The first-order valence-corrected chi connectivity index (χ1v) is 14.0. The molecule has 0 saturated carbocycles. The lowest BCUT2D eigenvalue weighted by atomic mass is 10.1. The van der Waals surface area contributed by atoms with Crippen LogP contribution in [0.4, 0.5) is 5.95 Å². The molecule has 180 valence electrons. The highest BCUT2D eigenvalue weighted by Gasteiger charge is 2.54. The fraction of sp³-hybridized carbons (Fsp3) is 0.400. The molecule has 0 aliphatic carbocycles. The molecule has 0 spiro atoms. The van der Waals surface area contributed by atoms with E-state index in [-0.39, 0.29) is 15.6 Å². The first kappa shape index (κ1) is 25.1. The minimum atomic E-state index is -2.80. The zero-order valence-corrected chi connectivity index (χ0v) is 22.5. The van der Waals surface area contributed by atoms with Gasteiger partial charge in [-0.15, -0.1) is 0 Å². The predicted molar refractivity (Wildman–Crippen MR) is 140 cm³/mol. The number of benzene rings is 2. The summed E-state index contributed by atoms with van der Waals surface area (Å²) in [5, 5.41) is 2.41. The van der Waals surface area contributed by atoms with E-state index in [1.54, 1.807) is 0 Å². The van der Waals surface area contributed by atoms with Crippen molar-refractivity contribution in [1.29, 1.82) is 0 Å². The van der Waals surface area contributed by atoms with Gasteiger partial charge in [0.15, 0.2) is 0 Å². The van der Waals surface area contributed by atoms with Crippen molar-refractivity contribution in [2.75, 3.05) is 31.2 Å². The molecule has 2 aromatic carbocycles. The van der Waals surface area contributed by atoms with Gasteiger partial charge in [-0.05, 0) is 45.5 Å². The summed E-state index contributed by atoms with van der Waals surface area (Å²) < 4.78 is 13.5. The Labute approximate surface area is 212 Å². The molecular weight excluding hydrogens is 487 g/mol. The van der Waals surface area contributed by atoms with Crippen molar-refractivity contribution in [3.63, 3.8) is 0 Å². The predicted octanol–water partition coefficient (Wildman–Crippen LogP) is 4.35. The third-order valence-corrected chi connectivity index (χ3v) is 11.6. The summed E-state index contributed by atoms with van der Waals surface area (Å²) in [6.07, 6.45) is 0. The first-order valence-electron chi connectivity index (χ1n) is 11.3. The summed E-state index contributed by atoms with van der Waals surface area (Å²) in [5.41, 5.74) is -0.646. The molecule has 34 heavy (non-hydrogen) atoms. The molecule has 1 aliphatic rings.